The Balaban J connectivity index is 1.81. The topological polar surface area (TPSA) is 37.3 Å². The van der Waals surface area contributed by atoms with Crippen LogP contribution in [0.4, 0.5) is 0 Å². The number of hydrogen-bond acceptors (Lipinski definition) is 2. The van der Waals surface area contributed by atoms with Gasteiger partial charge in [0.15, 0.2) is 5.78 Å². The lowest BCUT2D eigenvalue weighted by Gasteiger charge is -2.33. The highest BCUT2D eigenvalue weighted by Crippen LogP contribution is 2.37. The van der Waals surface area contributed by atoms with Gasteiger partial charge in [0.2, 0.25) is 0 Å². The van der Waals surface area contributed by atoms with E-state index in [9.17, 15) is 9.90 Å². The molecule has 0 heterocycles. The molecule has 2 saturated carbocycles. The second-order valence-corrected chi connectivity index (χ2v) is 5.62. The summed E-state index contributed by atoms with van der Waals surface area (Å²) < 4.78 is 0. The minimum Gasteiger partial charge on any atom is -0.382 e. The van der Waals surface area contributed by atoms with Crippen molar-refractivity contribution in [3.8, 4) is 0 Å². The molecule has 86 valence electrons. The van der Waals surface area contributed by atoms with Crippen LogP contribution in [0.3, 0.4) is 0 Å². The fourth-order valence-corrected chi connectivity index (χ4v) is 2.49. The molecule has 2 nitrogen and oxygen atoms in total. The Bertz CT molecular complexity index is 235. The molecule has 0 aromatic rings. The molecule has 0 unspecified atom stereocenters. The molecule has 0 spiro atoms. The van der Waals surface area contributed by atoms with E-state index in [4.69, 9.17) is 0 Å². The second kappa shape index (κ2) is 4.25. The van der Waals surface area contributed by atoms with E-state index in [0.29, 0.717) is 25.2 Å². The molecule has 0 atom stereocenters. The average Bonchev–Trinajstić information content (AvgIpc) is 3.03. The van der Waals surface area contributed by atoms with Crippen LogP contribution in [-0.2, 0) is 4.79 Å². The molecule has 2 fully saturated rings. The Morgan fingerprint density at radius 3 is 2.40 bits per heavy atom. The standard InChI is InChI=1S/C13H22O2/c1-10-6-8-13(15,9-7-10)12(14)5-4-11-2-3-11/h10-11,15H,2-9H2,1H3. The molecular weight excluding hydrogens is 188 g/mol. The highest BCUT2D eigenvalue weighted by molar-refractivity contribution is 5.87. The van der Waals surface area contributed by atoms with Gasteiger partial charge in [-0.15, -0.1) is 0 Å². The summed E-state index contributed by atoms with van der Waals surface area (Å²) in [5.74, 6) is 1.59. The fourth-order valence-electron chi connectivity index (χ4n) is 2.49. The Morgan fingerprint density at radius 1 is 1.27 bits per heavy atom. The van der Waals surface area contributed by atoms with Crippen LogP contribution in [0.25, 0.3) is 0 Å². The summed E-state index contributed by atoms with van der Waals surface area (Å²) >= 11 is 0. The number of rotatable bonds is 4. The van der Waals surface area contributed by atoms with Crippen molar-refractivity contribution in [1.82, 2.24) is 0 Å². The van der Waals surface area contributed by atoms with Gasteiger partial charge < -0.3 is 5.11 Å². The first-order valence-corrected chi connectivity index (χ1v) is 6.36. The van der Waals surface area contributed by atoms with Gasteiger partial charge in [-0.25, -0.2) is 0 Å². The van der Waals surface area contributed by atoms with E-state index in [2.05, 4.69) is 6.92 Å². The van der Waals surface area contributed by atoms with E-state index in [1.807, 2.05) is 0 Å². The van der Waals surface area contributed by atoms with Gasteiger partial charge in [-0.1, -0.05) is 19.8 Å². The van der Waals surface area contributed by atoms with Gasteiger partial charge >= 0.3 is 0 Å². The third kappa shape index (κ3) is 2.81. The zero-order valence-electron chi connectivity index (χ0n) is 9.67. The molecular formula is C13H22O2. The second-order valence-electron chi connectivity index (χ2n) is 5.62. The summed E-state index contributed by atoms with van der Waals surface area (Å²) in [6.07, 6.45) is 7.60. The number of carbonyl (C=O) groups excluding carboxylic acids is 1. The van der Waals surface area contributed by atoms with E-state index in [1.54, 1.807) is 0 Å². The van der Waals surface area contributed by atoms with Crippen LogP contribution in [0.1, 0.15) is 58.3 Å². The van der Waals surface area contributed by atoms with E-state index >= 15 is 0 Å². The van der Waals surface area contributed by atoms with E-state index in [-0.39, 0.29) is 5.78 Å². The smallest absolute Gasteiger partial charge is 0.164 e. The van der Waals surface area contributed by atoms with Gasteiger partial charge in [-0.2, -0.15) is 0 Å². The quantitative estimate of drug-likeness (QED) is 0.774. The summed E-state index contributed by atoms with van der Waals surface area (Å²) in [5, 5.41) is 10.2. The van der Waals surface area contributed by atoms with Crippen LogP contribution in [0.15, 0.2) is 0 Å². The van der Waals surface area contributed by atoms with Crippen LogP contribution in [-0.4, -0.2) is 16.5 Å². The number of aliphatic hydroxyl groups is 1. The Kier molecular flexibility index (Phi) is 3.15. The third-order valence-electron chi connectivity index (χ3n) is 4.10. The maximum absolute atomic E-state index is 11.9. The molecule has 0 bridgehead atoms. The van der Waals surface area contributed by atoms with Crippen molar-refractivity contribution in [2.75, 3.05) is 0 Å². The lowest BCUT2D eigenvalue weighted by atomic mass is 9.76. The van der Waals surface area contributed by atoms with Crippen LogP contribution < -0.4 is 0 Å². The number of hydrogen-bond donors (Lipinski definition) is 1. The zero-order valence-corrected chi connectivity index (χ0v) is 9.67. The highest BCUT2D eigenvalue weighted by Gasteiger charge is 2.38. The fraction of sp³-hybridized carbons (Fsp3) is 0.923. The predicted octanol–water partition coefficient (Wildman–Crippen LogP) is 2.69. The molecule has 2 aliphatic rings. The Labute approximate surface area is 92.1 Å². The first-order valence-electron chi connectivity index (χ1n) is 6.36. The predicted molar refractivity (Wildman–Crippen MR) is 59.5 cm³/mol. The van der Waals surface area contributed by atoms with Gasteiger partial charge in [0.25, 0.3) is 0 Å². The monoisotopic (exact) mass is 210 g/mol. The maximum atomic E-state index is 11.9. The van der Waals surface area contributed by atoms with Crippen molar-refractivity contribution in [2.24, 2.45) is 11.8 Å². The zero-order chi connectivity index (χ0) is 10.9. The Morgan fingerprint density at radius 2 is 1.87 bits per heavy atom. The summed E-state index contributed by atoms with van der Waals surface area (Å²) in [4.78, 5) is 11.9. The van der Waals surface area contributed by atoms with E-state index < -0.39 is 5.60 Å². The molecule has 0 aliphatic heterocycles. The molecule has 15 heavy (non-hydrogen) atoms. The lowest BCUT2D eigenvalue weighted by Crippen LogP contribution is -2.41. The summed E-state index contributed by atoms with van der Waals surface area (Å²) in [6.45, 7) is 2.20. The van der Waals surface area contributed by atoms with Crippen LogP contribution in [0, 0.1) is 11.8 Å². The van der Waals surface area contributed by atoms with Gasteiger partial charge in [-0.3, -0.25) is 4.79 Å². The van der Waals surface area contributed by atoms with Crippen molar-refractivity contribution < 1.29 is 9.90 Å². The molecule has 2 heteroatoms. The first-order chi connectivity index (χ1) is 7.10. The van der Waals surface area contributed by atoms with Gasteiger partial charge in [0, 0.05) is 6.42 Å². The van der Waals surface area contributed by atoms with Gasteiger partial charge in [0.1, 0.15) is 5.60 Å². The summed E-state index contributed by atoms with van der Waals surface area (Å²) in [7, 11) is 0. The van der Waals surface area contributed by atoms with Gasteiger partial charge in [-0.05, 0) is 43.9 Å². The normalized spacial score (nSPS) is 36.5. The van der Waals surface area contributed by atoms with Crippen LogP contribution in [0.5, 0.6) is 0 Å². The van der Waals surface area contributed by atoms with Crippen molar-refractivity contribution in [3.05, 3.63) is 0 Å². The molecule has 0 aromatic carbocycles. The van der Waals surface area contributed by atoms with Crippen LogP contribution >= 0.6 is 0 Å². The van der Waals surface area contributed by atoms with Crippen molar-refractivity contribution >= 4 is 5.78 Å². The maximum Gasteiger partial charge on any atom is 0.164 e. The molecule has 0 aromatic heterocycles. The summed E-state index contributed by atoms with van der Waals surface area (Å²) in [6, 6.07) is 0. The minimum atomic E-state index is -0.957. The van der Waals surface area contributed by atoms with Crippen molar-refractivity contribution in [2.45, 2.75) is 63.9 Å². The highest BCUT2D eigenvalue weighted by atomic mass is 16.3. The number of Topliss-reactive ketones (excluding diaryl/α,β-unsaturated/α-hetero) is 1. The largest absolute Gasteiger partial charge is 0.382 e. The Hall–Kier alpha value is -0.370. The molecule has 2 rings (SSSR count). The van der Waals surface area contributed by atoms with Gasteiger partial charge in [0.05, 0.1) is 0 Å². The SMILES string of the molecule is CC1CCC(O)(C(=O)CCC2CC2)CC1. The first kappa shape index (κ1) is 11.1. The lowest BCUT2D eigenvalue weighted by molar-refractivity contribution is -0.141. The number of ketones is 1. The van der Waals surface area contributed by atoms with E-state index in [0.717, 1.165) is 25.2 Å². The summed E-state index contributed by atoms with van der Waals surface area (Å²) in [5.41, 5.74) is -0.957. The number of carbonyl (C=O) groups is 1. The van der Waals surface area contributed by atoms with Crippen molar-refractivity contribution in [1.29, 1.82) is 0 Å². The molecule has 0 amide bonds. The molecule has 0 saturated heterocycles. The van der Waals surface area contributed by atoms with Crippen molar-refractivity contribution in [3.63, 3.8) is 0 Å². The minimum absolute atomic E-state index is 0.112. The molecule has 2 aliphatic carbocycles. The molecule has 0 radical (unpaired) electrons. The van der Waals surface area contributed by atoms with Crippen LogP contribution in [0.2, 0.25) is 0 Å². The third-order valence-corrected chi connectivity index (χ3v) is 4.10. The average molecular weight is 210 g/mol. The van der Waals surface area contributed by atoms with E-state index in [1.165, 1.54) is 12.8 Å². The molecule has 1 N–H and O–H groups in total.